The molecule has 0 saturated heterocycles. The van der Waals surface area contributed by atoms with E-state index in [4.69, 9.17) is 0 Å². The van der Waals surface area contributed by atoms with Gasteiger partial charge in [-0.15, -0.1) is 0 Å². The van der Waals surface area contributed by atoms with E-state index in [9.17, 15) is 18.9 Å². The lowest BCUT2D eigenvalue weighted by molar-refractivity contribution is -0.387. The minimum absolute atomic E-state index is 0.130. The van der Waals surface area contributed by atoms with E-state index in [1.807, 2.05) is 11.8 Å². The quantitative estimate of drug-likeness (QED) is 0.670. The van der Waals surface area contributed by atoms with E-state index in [1.54, 1.807) is 0 Å². The Hall–Kier alpha value is -1.21. The summed E-state index contributed by atoms with van der Waals surface area (Å²) in [6.45, 7) is 0.179. The maximum absolute atomic E-state index is 13.6. The Labute approximate surface area is 120 Å². The minimum atomic E-state index is -1.14. The van der Waals surface area contributed by atoms with Crippen LogP contribution in [0.25, 0.3) is 0 Å². The maximum Gasteiger partial charge on any atom is 0.305 e. The Bertz CT molecular complexity index is 513. The Morgan fingerprint density at radius 2 is 2.15 bits per heavy atom. The van der Waals surface area contributed by atoms with Crippen LogP contribution in [0.2, 0.25) is 0 Å². The van der Waals surface area contributed by atoms with Crippen molar-refractivity contribution in [1.82, 2.24) is 5.32 Å². The molecule has 110 valence electrons. The van der Waals surface area contributed by atoms with Gasteiger partial charge in [0.05, 0.1) is 4.92 Å². The number of nitro benzene ring substituents is 1. The lowest BCUT2D eigenvalue weighted by Crippen LogP contribution is -2.26. The van der Waals surface area contributed by atoms with E-state index in [2.05, 4.69) is 11.6 Å². The molecule has 1 saturated carbocycles. The molecule has 2 rings (SSSR count). The molecule has 1 aliphatic rings. The first-order valence-corrected chi connectivity index (χ1v) is 7.68. The van der Waals surface area contributed by atoms with Gasteiger partial charge in [-0.2, -0.15) is 16.2 Å². The largest absolute Gasteiger partial charge is 0.310 e. The van der Waals surface area contributed by atoms with Crippen molar-refractivity contribution in [1.29, 1.82) is 0 Å². The molecule has 0 heterocycles. The third-order valence-corrected chi connectivity index (χ3v) is 4.71. The van der Waals surface area contributed by atoms with Crippen molar-refractivity contribution >= 4 is 17.4 Å². The van der Waals surface area contributed by atoms with Crippen molar-refractivity contribution in [3.8, 4) is 0 Å². The van der Waals surface area contributed by atoms with Crippen LogP contribution in [0.1, 0.15) is 24.8 Å². The van der Waals surface area contributed by atoms with Crippen LogP contribution in [0.5, 0.6) is 0 Å². The fourth-order valence-corrected chi connectivity index (χ4v) is 3.25. The number of hydrogen-bond acceptors (Lipinski definition) is 4. The highest BCUT2D eigenvalue weighted by Crippen LogP contribution is 2.28. The summed E-state index contributed by atoms with van der Waals surface area (Å²) < 4.78 is 26.8. The standard InChI is InChI=1S/C13H16F2N2O2S/c1-20-10-3-2-9(5-10)16-7-8-4-13(17(18)19)12(15)6-11(8)14/h4,6,9-10,16H,2-3,5,7H2,1H3. The van der Waals surface area contributed by atoms with Crippen LogP contribution < -0.4 is 5.32 Å². The molecule has 1 N–H and O–H groups in total. The molecule has 0 amide bonds. The van der Waals surface area contributed by atoms with Crippen LogP contribution in [0, 0.1) is 21.7 Å². The number of thioether (sulfide) groups is 1. The van der Waals surface area contributed by atoms with E-state index in [1.165, 1.54) is 0 Å². The second-order valence-electron chi connectivity index (χ2n) is 4.90. The van der Waals surface area contributed by atoms with Gasteiger partial charge in [-0.1, -0.05) is 0 Å². The molecule has 0 spiro atoms. The highest BCUT2D eigenvalue weighted by atomic mass is 32.2. The zero-order valence-electron chi connectivity index (χ0n) is 11.1. The molecular formula is C13H16F2N2O2S. The number of hydrogen-bond donors (Lipinski definition) is 1. The third kappa shape index (κ3) is 3.46. The Morgan fingerprint density at radius 1 is 1.40 bits per heavy atom. The smallest absolute Gasteiger partial charge is 0.305 e. The van der Waals surface area contributed by atoms with Crippen LogP contribution in [0.3, 0.4) is 0 Å². The molecule has 2 atom stereocenters. The van der Waals surface area contributed by atoms with Gasteiger partial charge in [-0.25, -0.2) is 4.39 Å². The van der Waals surface area contributed by atoms with E-state index in [0.29, 0.717) is 11.3 Å². The first-order valence-electron chi connectivity index (χ1n) is 6.39. The lowest BCUT2D eigenvalue weighted by Gasteiger charge is -2.13. The van der Waals surface area contributed by atoms with Crippen molar-refractivity contribution in [3.63, 3.8) is 0 Å². The van der Waals surface area contributed by atoms with Crippen molar-refractivity contribution in [2.24, 2.45) is 0 Å². The molecule has 7 heteroatoms. The summed E-state index contributed by atoms with van der Waals surface area (Å²) in [5.41, 5.74) is -0.553. The van der Waals surface area contributed by atoms with Gasteiger partial charge in [0.1, 0.15) is 5.82 Å². The zero-order chi connectivity index (χ0) is 14.7. The average molecular weight is 302 g/mol. The van der Waals surface area contributed by atoms with Gasteiger partial charge in [-0.3, -0.25) is 10.1 Å². The first-order chi connectivity index (χ1) is 9.51. The van der Waals surface area contributed by atoms with Crippen LogP contribution in [0.15, 0.2) is 12.1 Å². The summed E-state index contributed by atoms with van der Waals surface area (Å²) in [5.74, 6) is -1.89. The van der Waals surface area contributed by atoms with Crippen LogP contribution in [-0.4, -0.2) is 22.5 Å². The Morgan fingerprint density at radius 3 is 2.75 bits per heavy atom. The Kier molecular flexibility index (Phi) is 4.93. The van der Waals surface area contributed by atoms with E-state index in [-0.39, 0.29) is 18.2 Å². The highest BCUT2D eigenvalue weighted by molar-refractivity contribution is 7.99. The molecule has 1 aromatic rings. The first kappa shape index (κ1) is 15.2. The topological polar surface area (TPSA) is 55.2 Å². The predicted octanol–water partition coefficient (Wildman–Crippen LogP) is 3.25. The lowest BCUT2D eigenvalue weighted by atomic mass is 10.1. The normalized spacial score (nSPS) is 22.1. The van der Waals surface area contributed by atoms with Crippen LogP contribution in [-0.2, 0) is 6.54 Å². The van der Waals surface area contributed by atoms with Crippen molar-refractivity contribution in [2.75, 3.05) is 6.26 Å². The van der Waals surface area contributed by atoms with Crippen molar-refractivity contribution in [3.05, 3.63) is 39.4 Å². The number of rotatable bonds is 5. The number of halogens is 2. The Balaban J connectivity index is 2.02. The monoisotopic (exact) mass is 302 g/mol. The molecule has 1 aromatic carbocycles. The number of nitro groups is 1. The fraction of sp³-hybridized carbons (Fsp3) is 0.538. The second kappa shape index (κ2) is 6.49. The fourth-order valence-electron chi connectivity index (χ4n) is 2.45. The van der Waals surface area contributed by atoms with Gasteiger partial charge in [0.2, 0.25) is 5.82 Å². The summed E-state index contributed by atoms with van der Waals surface area (Å²) in [6, 6.07) is 1.84. The van der Waals surface area contributed by atoms with Gasteiger partial charge in [0, 0.05) is 35.5 Å². The van der Waals surface area contributed by atoms with E-state index >= 15 is 0 Å². The number of nitrogens with zero attached hydrogens (tertiary/aromatic N) is 1. The van der Waals surface area contributed by atoms with Gasteiger partial charge in [-0.05, 0) is 25.5 Å². The van der Waals surface area contributed by atoms with Gasteiger partial charge >= 0.3 is 5.69 Å². The molecule has 0 radical (unpaired) electrons. The molecule has 0 aromatic heterocycles. The van der Waals surface area contributed by atoms with E-state index in [0.717, 1.165) is 25.3 Å². The average Bonchev–Trinajstić information content (AvgIpc) is 2.85. The maximum atomic E-state index is 13.6. The molecule has 1 fully saturated rings. The zero-order valence-corrected chi connectivity index (χ0v) is 11.9. The summed E-state index contributed by atoms with van der Waals surface area (Å²) in [7, 11) is 0. The van der Waals surface area contributed by atoms with Gasteiger partial charge in [0.25, 0.3) is 0 Å². The molecule has 0 bridgehead atoms. The molecule has 4 nitrogen and oxygen atoms in total. The molecule has 1 aliphatic carbocycles. The van der Waals surface area contributed by atoms with E-state index < -0.39 is 22.2 Å². The summed E-state index contributed by atoms with van der Waals surface area (Å²) in [5, 5.41) is 14.4. The predicted molar refractivity (Wildman–Crippen MR) is 74.8 cm³/mol. The minimum Gasteiger partial charge on any atom is -0.310 e. The van der Waals surface area contributed by atoms with Crippen molar-refractivity contribution in [2.45, 2.75) is 37.1 Å². The molecular weight excluding hydrogens is 286 g/mol. The summed E-state index contributed by atoms with van der Waals surface area (Å²) in [6.07, 6.45) is 5.20. The highest BCUT2D eigenvalue weighted by Gasteiger charge is 2.24. The van der Waals surface area contributed by atoms with Crippen molar-refractivity contribution < 1.29 is 13.7 Å². The second-order valence-corrected chi connectivity index (χ2v) is 6.04. The summed E-state index contributed by atoms with van der Waals surface area (Å²) in [4.78, 5) is 9.81. The molecule has 20 heavy (non-hydrogen) atoms. The number of nitrogens with one attached hydrogen (secondary N) is 1. The third-order valence-electron chi connectivity index (χ3n) is 3.61. The molecule has 2 unspecified atom stereocenters. The van der Waals surface area contributed by atoms with Gasteiger partial charge < -0.3 is 5.32 Å². The number of benzene rings is 1. The van der Waals surface area contributed by atoms with Crippen LogP contribution >= 0.6 is 11.8 Å². The SMILES string of the molecule is CSC1CCC(NCc2cc([N+](=O)[O-])c(F)cc2F)C1. The molecule has 0 aliphatic heterocycles. The van der Waals surface area contributed by atoms with Gasteiger partial charge in [0.15, 0.2) is 0 Å². The summed E-state index contributed by atoms with van der Waals surface area (Å²) >= 11 is 1.82. The van der Waals surface area contributed by atoms with Crippen LogP contribution in [0.4, 0.5) is 14.5 Å².